The van der Waals surface area contributed by atoms with Crippen LogP contribution in [0.3, 0.4) is 0 Å². The zero-order valence-corrected chi connectivity index (χ0v) is 16.7. The van der Waals surface area contributed by atoms with Gasteiger partial charge in [0.25, 0.3) is 5.91 Å². The van der Waals surface area contributed by atoms with Crippen LogP contribution in [0, 0.1) is 0 Å². The number of nitrogens with zero attached hydrogens (tertiary/aromatic N) is 2. The zero-order valence-electron chi connectivity index (χ0n) is 15.2. The number of hydrogen-bond acceptors (Lipinski definition) is 2. The summed E-state index contributed by atoms with van der Waals surface area (Å²) < 4.78 is 1.87. The number of anilines is 1. The Morgan fingerprint density at radius 3 is 2.46 bits per heavy atom. The Labute approximate surface area is 173 Å². The molecule has 0 bridgehead atoms. The number of halogens is 2. The number of benzene rings is 2. The average molecular weight is 416 g/mol. The fourth-order valence-corrected chi connectivity index (χ4v) is 3.08. The molecule has 2 amide bonds. The first-order valence-electron chi connectivity index (χ1n) is 8.63. The highest BCUT2D eigenvalue weighted by Crippen LogP contribution is 2.25. The number of nitrogens with one attached hydrogen (secondary N) is 1. The first kappa shape index (κ1) is 20.0. The minimum atomic E-state index is -0.324. The first-order valence-corrected chi connectivity index (χ1v) is 9.39. The molecule has 0 unspecified atom stereocenters. The molecule has 0 saturated heterocycles. The van der Waals surface area contributed by atoms with Crippen molar-refractivity contribution in [2.75, 3.05) is 18.9 Å². The van der Waals surface area contributed by atoms with E-state index >= 15 is 0 Å². The third-order valence-corrected chi connectivity index (χ3v) is 4.91. The fourth-order valence-electron chi connectivity index (χ4n) is 2.78. The zero-order chi connectivity index (χ0) is 20.1. The molecule has 28 heavy (non-hydrogen) atoms. The Morgan fingerprint density at radius 2 is 1.75 bits per heavy atom. The minimum Gasteiger partial charge on any atom is -0.339 e. The van der Waals surface area contributed by atoms with Gasteiger partial charge in [0.1, 0.15) is 5.69 Å². The van der Waals surface area contributed by atoms with E-state index in [2.05, 4.69) is 5.32 Å². The van der Waals surface area contributed by atoms with Gasteiger partial charge in [-0.25, -0.2) is 0 Å². The third-order valence-electron chi connectivity index (χ3n) is 4.18. The average Bonchev–Trinajstić information content (AvgIpc) is 3.13. The van der Waals surface area contributed by atoms with Crippen LogP contribution in [-0.4, -0.2) is 34.9 Å². The first-order chi connectivity index (χ1) is 13.4. The Hall–Kier alpha value is -2.76. The molecule has 0 atom stereocenters. The second-order valence-corrected chi connectivity index (χ2v) is 7.16. The van der Waals surface area contributed by atoms with Gasteiger partial charge in [0.05, 0.1) is 16.6 Å². The summed E-state index contributed by atoms with van der Waals surface area (Å²) in [6, 6.07) is 18.3. The Balaban J connectivity index is 1.64. The van der Waals surface area contributed by atoms with Crippen LogP contribution in [0.5, 0.6) is 0 Å². The van der Waals surface area contributed by atoms with Crippen LogP contribution in [0.25, 0.3) is 0 Å². The quantitative estimate of drug-likeness (QED) is 0.641. The summed E-state index contributed by atoms with van der Waals surface area (Å²) >= 11 is 11.8. The van der Waals surface area contributed by atoms with E-state index in [0.29, 0.717) is 28.0 Å². The van der Waals surface area contributed by atoms with Crippen LogP contribution in [0.15, 0.2) is 66.9 Å². The number of carbonyl (C=O) groups is 2. The van der Waals surface area contributed by atoms with Gasteiger partial charge in [0.2, 0.25) is 5.91 Å². The van der Waals surface area contributed by atoms with Gasteiger partial charge >= 0.3 is 0 Å². The predicted molar refractivity (Wildman–Crippen MR) is 112 cm³/mol. The lowest BCUT2D eigenvalue weighted by atomic mass is 10.2. The Bertz CT molecular complexity index is 986. The van der Waals surface area contributed by atoms with Crippen LogP contribution in [0.1, 0.15) is 16.1 Å². The highest BCUT2D eigenvalue weighted by molar-refractivity contribution is 6.42. The van der Waals surface area contributed by atoms with Crippen molar-refractivity contribution in [2.24, 2.45) is 0 Å². The maximum absolute atomic E-state index is 12.8. The summed E-state index contributed by atoms with van der Waals surface area (Å²) in [4.78, 5) is 26.4. The lowest BCUT2D eigenvalue weighted by Gasteiger charge is -2.18. The lowest BCUT2D eigenvalue weighted by molar-refractivity contribution is -0.116. The molecule has 1 heterocycles. The van der Waals surface area contributed by atoms with E-state index in [4.69, 9.17) is 23.2 Å². The van der Waals surface area contributed by atoms with E-state index in [9.17, 15) is 9.59 Å². The minimum absolute atomic E-state index is 0.0877. The topological polar surface area (TPSA) is 54.3 Å². The Morgan fingerprint density at radius 1 is 1.00 bits per heavy atom. The van der Waals surface area contributed by atoms with Gasteiger partial charge in [-0.15, -0.1) is 0 Å². The van der Waals surface area contributed by atoms with Crippen LogP contribution < -0.4 is 5.32 Å². The number of amides is 2. The molecule has 0 spiro atoms. The molecule has 7 heteroatoms. The largest absolute Gasteiger partial charge is 0.339 e. The van der Waals surface area contributed by atoms with E-state index < -0.39 is 0 Å². The van der Waals surface area contributed by atoms with Gasteiger partial charge in [0, 0.05) is 25.5 Å². The van der Waals surface area contributed by atoms with Crippen LogP contribution >= 0.6 is 23.2 Å². The van der Waals surface area contributed by atoms with Crippen molar-refractivity contribution in [3.63, 3.8) is 0 Å². The second-order valence-electron chi connectivity index (χ2n) is 6.35. The second kappa shape index (κ2) is 8.95. The van der Waals surface area contributed by atoms with Gasteiger partial charge in [-0.3, -0.25) is 9.59 Å². The molecule has 0 aliphatic rings. The molecule has 3 rings (SSSR count). The van der Waals surface area contributed by atoms with Crippen molar-refractivity contribution in [1.29, 1.82) is 0 Å². The summed E-state index contributed by atoms with van der Waals surface area (Å²) in [5.74, 6) is -0.555. The van der Waals surface area contributed by atoms with Gasteiger partial charge in [-0.1, -0.05) is 53.5 Å². The van der Waals surface area contributed by atoms with Gasteiger partial charge in [0.15, 0.2) is 0 Å². The highest BCUT2D eigenvalue weighted by Gasteiger charge is 2.18. The van der Waals surface area contributed by atoms with E-state index in [1.54, 1.807) is 31.3 Å². The maximum Gasteiger partial charge on any atom is 0.270 e. The summed E-state index contributed by atoms with van der Waals surface area (Å²) in [5, 5.41) is 3.47. The number of carbonyl (C=O) groups excluding carboxylic acids is 2. The molecule has 5 nitrogen and oxygen atoms in total. The molecule has 0 aliphatic carbocycles. The highest BCUT2D eigenvalue weighted by atomic mass is 35.5. The van der Waals surface area contributed by atoms with Crippen molar-refractivity contribution in [1.82, 2.24) is 9.47 Å². The molecule has 0 radical (unpaired) electrons. The normalized spacial score (nSPS) is 10.5. The summed E-state index contributed by atoms with van der Waals surface area (Å²) in [7, 11) is 1.59. The van der Waals surface area contributed by atoms with Crippen molar-refractivity contribution in [2.45, 2.75) is 6.54 Å². The molecule has 0 aliphatic heterocycles. The van der Waals surface area contributed by atoms with Gasteiger partial charge < -0.3 is 14.8 Å². The maximum atomic E-state index is 12.8. The van der Waals surface area contributed by atoms with E-state index in [1.165, 1.54) is 4.90 Å². The molecular weight excluding hydrogens is 397 g/mol. The summed E-state index contributed by atoms with van der Waals surface area (Å²) in [6.07, 6.45) is 1.85. The Kier molecular flexibility index (Phi) is 6.39. The number of hydrogen-bond donors (Lipinski definition) is 1. The van der Waals surface area contributed by atoms with Crippen LogP contribution in [-0.2, 0) is 11.3 Å². The van der Waals surface area contributed by atoms with E-state index in [1.807, 2.05) is 47.2 Å². The van der Waals surface area contributed by atoms with Crippen molar-refractivity contribution in [3.8, 4) is 0 Å². The molecule has 1 N–H and O–H groups in total. The number of likely N-dealkylation sites (N-methyl/N-ethyl adjacent to an activating group) is 1. The number of rotatable bonds is 6. The monoisotopic (exact) mass is 415 g/mol. The van der Waals surface area contributed by atoms with Crippen molar-refractivity contribution in [3.05, 3.63) is 88.2 Å². The molecule has 0 saturated carbocycles. The molecule has 144 valence electrons. The molecule has 0 fully saturated rings. The van der Waals surface area contributed by atoms with Gasteiger partial charge in [-0.05, 0) is 35.9 Å². The van der Waals surface area contributed by atoms with E-state index in [-0.39, 0.29) is 18.4 Å². The fraction of sp³-hybridized carbons (Fsp3) is 0.143. The van der Waals surface area contributed by atoms with Crippen LogP contribution in [0.4, 0.5) is 5.69 Å². The van der Waals surface area contributed by atoms with Crippen LogP contribution in [0.2, 0.25) is 10.0 Å². The summed E-state index contributed by atoms with van der Waals surface area (Å²) in [6.45, 7) is 0.494. The van der Waals surface area contributed by atoms with Crippen molar-refractivity contribution < 1.29 is 9.59 Å². The molecule has 1 aromatic heterocycles. The third kappa shape index (κ3) is 4.94. The SMILES string of the molecule is CN(CC(=O)Nc1ccc(Cl)c(Cl)c1)C(=O)c1cccn1Cc1ccccc1. The smallest absolute Gasteiger partial charge is 0.270 e. The lowest BCUT2D eigenvalue weighted by Crippen LogP contribution is -2.36. The van der Waals surface area contributed by atoms with E-state index in [0.717, 1.165) is 5.56 Å². The molecule has 2 aromatic carbocycles. The van der Waals surface area contributed by atoms with Gasteiger partial charge in [-0.2, -0.15) is 0 Å². The standard InChI is InChI=1S/C21H19Cl2N3O2/c1-25(14-20(27)24-16-9-10-17(22)18(23)12-16)21(28)19-8-5-11-26(19)13-15-6-3-2-4-7-15/h2-12H,13-14H2,1H3,(H,24,27). The number of aromatic nitrogens is 1. The predicted octanol–water partition coefficient (Wildman–Crippen LogP) is 4.55. The summed E-state index contributed by atoms with van der Waals surface area (Å²) in [5.41, 5.74) is 2.13. The molecular formula is C21H19Cl2N3O2. The van der Waals surface area contributed by atoms with Crippen molar-refractivity contribution >= 4 is 40.7 Å². The molecule has 3 aromatic rings.